The van der Waals surface area contributed by atoms with E-state index in [1.807, 2.05) is 50.4 Å². The molecule has 4 aromatic rings. The number of carboxylic acids is 1. The molecule has 1 atom stereocenters. The van der Waals surface area contributed by atoms with Gasteiger partial charge in [-0.3, -0.25) is 9.78 Å². The number of aromatic nitrogens is 2. The van der Waals surface area contributed by atoms with Crippen LogP contribution in [0.5, 0.6) is 5.75 Å². The molecule has 0 aliphatic rings. The molecular formula is C27H28N2O3. The number of hydrogen-bond donors (Lipinski definition) is 1. The molecule has 0 saturated heterocycles. The van der Waals surface area contributed by atoms with Crippen LogP contribution in [0, 0.1) is 13.8 Å². The maximum absolute atomic E-state index is 10.9. The van der Waals surface area contributed by atoms with Gasteiger partial charge in [-0.2, -0.15) is 0 Å². The molecule has 5 heteroatoms. The van der Waals surface area contributed by atoms with Crippen molar-refractivity contribution in [3.05, 3.63) is 94.9 Å². The standard InChI is InChI=1S/C27H28N2O3/c1-18(14-26(30)31)22-8-10-25(11-9-22)32-17-24-7-6-23-12-13-29(27(23)20(24)3)16-21-5-4-19(2)28-15-21/h4-13,15,18H,14,16-17H2,1-3H3,(H,30,31). The highest BCUT2D eigenvalue weighted by molar-refractivity contribution is 5.84. The Morgan fingerprint density at radius 2 is 1.84 bits per heavy atom. The van der Waals surface area contributed by atoms with E-state index in [9.17, 15) is 4.79 Å². The predicted octanol–water partition coefficient (Wildman–Crippen LogP) is 5.86. The fourth-order valence-electron chi connectivity index (χ4n) is 4.03. The summed E-state index contributed by atoms with van der Waals surface area (Å²) in [6.07, 6.45) is 4.18. The second-order valence-electron chi connectivity index (χ2n) is 8.40. The van der Waals surface area contributed by atoms with E-state index < -0.39 is 5.97 Å². The van der Waals surface area contributed by atoms with E-state index in [4.69, 9.17) is 9.84 Å². The Morgan fingerprint density at radius 3 is 2.53 bits per heavy atom. The number of carbonyl (C=O) groups is 1. The number of carboxylic acid groups (broad SMARTS) is 1. The Morgan fingerprint density at radius 1 is 1.06 bits per heavy atom. The van der Waals surface area contributed by atoms with E-state index in [-0.39, 0.29) is 12.3 Å². The molecule has 0 amide bonds. The summed E-state index contributed by atoms with van der Waals surface area (Å²) in [5.74, 6) is -0.0355. The van der Waals surface area contributed by atoms with E-state index in [1.54, 1.807) is 0 Å². The molecule has 1 N–H and O–H groups in total. The van der Waals surface area contributed by atoms with Crippen LogP contribution in [0.15, 0.2) is 67.0 Å². The molecule has 0 aliphatic carbocycles. The van der Waals surface area contributed by atoms with Gasteiger partial charge in [0.1, 0.15) is 12.4 Å². The lowest BCUT2D eigenvalue weighted by Gasteiger charge is -2.14. The summed E-state index contributed by atoms with van der Waals surface area (Å²) < 4.78 is 8.31. The molecule has 2 heterocycles. The van der Waals surface area contributed by atoms with Crippen LogP contribution in [0.25, 0.3) is 10.9 Å². The number of aryl methyl sites for hydroxylation is 2. The number of rotatable bonds is 8. The van der Waals surface area contributed by atoms with Gasteiger partial charge < -0.3 is 14.4 Å². The van der Waals surface area contributed by atoms with Gasteiger partial charge in [0.25, 0.3) is 0 Å². The lowest BCUT2D eigenvalue weighted by atomic mass is 9.98. The first-order chi connectivity index (χ1) is 15.4. The zero-order valence-corrected chi connectivity index (χ0v) is 18.7. The van der Waals surface area contributed by atoms with Gasteiger partial charge in [0.05, 0.1) is 11.9 Å². The van der Waals surface area contributed by atoms with Gasteiger partial charge in [0.15, 0.2) is 0 Å². The number of fused-ring (bicyclic) bond motifs is 1. The monoisotopic (exact) mass is 428 g/mol. The lowest BCUT2D eigenvalue weighted by molar-refractivity contribution is -0.137. The van der Waals surface area contributed by atoms with Gasteiger partial charge in [-0.25, -0.2) is 0 Å². The van der Waals surface area contributed by atoms with E-state index in [2.05, 4.69) is 46.9 Å². The van der Waals surface area contributed by atoms with Crippen LogP contribution in [0.3, 0.4) is 0 Å². The van der Waals surface area contributed by atoms with E-state index in [1.165, 1.54) is 22.0 Å². The summed E-state index contributed by atoms with van der Waals surface area (Å²) >= 11 is 0. The van der Waals surface area contributed by atoms with E-state index in [0.29, 0.717) is 6.61 Å². The Bertz CT molecular complexity index is 1220. The minimum atomic E-state index is -0.785. The zero-order valence-electron chi connectivity index (χ0n) is 18.7. The van der Waals surface area contributed by atoms with E-state index in [0.717, 1.165) is 29.1 Å². The molecule has 2 aromatic carbocycles. The van der Waals surface area contributed by atoms with Crippen molar-refractivity contribution in [3.63, 3.8) is 0 Å². The smallest absolute Gasteiger partial charge is 0.303 e. The third-order valence-electron chi connectivity index (χ3n) is 5.95. The van der Waals surface area contributed by atoms with Gasteiger partial charge in [-0.1, -0.05) is 37.3 Å². The topological polar surface area (TPSA) is 64.3 Å². The molecule has 5 nitrogen and oxygen atoms in total. The molecule has 2 aromatic heterocycles. The van der Waals surface area contributed by atoms with Crippen LogP contribution in [-0.4, -0.2) is 20.6 Å². The first-order valence-electron chi connectivity index (χ1n) is 10.8. The lowest BCUT2D eigenvalue weighted by Crippen LogP contribution is -2.04. The van der Waals surface area contributed by atoms with Crippen molar-refractivity contribution in [2.24, 2.45) is 0 Å². The number of ether oxygens (including phenoxy) is 1. The molecule has 0 aliphatic heterocycles. The molecule has 0 fully saturated rings. The number of pyridine rings is 1. The van der Waals surface area contributed by atoms with Crippen molar-refractivity contribution < 1.29 is 14.6 Å². The van der Waals surface area contributed by atoms with Crippen molar-refractivity contribution >= 4 is 16.9 Å². The molecule has 32 heavy (non-hydrogen) atoms. The van der Waals surface area contributed by atoms with Crippen LogP contribution in [0.1, 0.15) is 47.2 Å². The van der Waals surface area contributed by atoms with Gasteiger partial charge in [0, 0.05) is 24.6 Å². The van der Waals surface area contributed by atoms with Crippen LogP contribution in [-0.2, 0) is 17.9 Å². The highest BCUT2D eigenvalue weighted by atomic mass is 16.5. The number of benzene rings is 2. The van der Waals surface area contributed by atoms with Crippen molar-refractivity contribution in [1.82, 2.24) is 9.55 Å². The van der Waals surface area contributed by atoms with Crippen molar-refractivity contribution in [2.45, 2.75) is 46.3 Å². The van der Waals surface area contributed by atoms with Gasteiger partial charge in [0.2, 0.25) is 0 Å². The largest absolute Gasteiger partial charge is 0.489 e. The molecule has 4 rings (SSSR count). The van der Waals surface area contributed by atoms with Crippen LogP contribution >= 0.6 is 0 Å². The first kappa shape index (κ1) is 21.6. The predicted molar refractivity (Wildman–Crippen MR) is 126 cm³/mol. The summed E-state index contributed by atoms with van der Waals surface area (Å²) in [5.41, 5.74) is 6.75. The second-order valence-corrected chi connectivity index (χ2v) is 8.40. The SMILES string of the molecule is Cc1ccc(Cn2ccc3ccc(COc4ccc(C(C)CC(=O)O)cc4)c(C)c32)cn1. The quantitative estimate of drug-likeness (QED) is 0.382. The molecule has 0 spiro atoms. The van der Waals surface area contributed by atoms with Gasteiger partial charge in [-0.15, -0.1) is 0 Å². The van der Waals surface area contributed by atoms with Crippen LogP contribution < -0.4 is 4.74 Å². The first-order valence-corrected chi connectivity index (χ1v) is 10.8. The number of aliphatic carboxylic acids is 1. The minimum absolute atomic E-state index is 0.0253. The Hall–Kier alpha value is -3.60. The average Bonchev–Trinajstić information content (AvgIpc) is 3.18. The molecule has 0 bridgehead atoms. The second kappa shape index (κ2) is 9.27. The van der Waals surface area contributed by atoms with Crippen molar-refractivity contribution in [2.75, 3.05) is 0 Å². The summed E-state index contributed by atoms with van der Waals surface area (Å²) in [4.78, 5) is 15.3. The molecule has 0 saturated carbocycles. The number of nitrogens with zero attached hydrogens (tertiary/aromatic N) is 2. The van der Waals surface area contributed by atoms with Gasteiger partial charge >= 0.3 is 5.97 Å². The highest BCUT2D eigenvalue weighted by Crippen LogP contribution is 2.26. The zero-order chi connectivity index (χ0) is 22.7. The maximum Gasteiger partial charge on any atom is 0.303 e. The maximum atomic E-state index is 10.9. The molecule has 1 unspecified atom stereocenters. The summed E-state index contributed by atoms with van der Waals surface area (Å²) in [5, 5.41) is 10.2. The summed E-state index contributed by atoms with van der Waals surface area (Å²) in [7, 11) is 0. The summed E-state index contributed by atoms with van der Waals surface area (Å²) in [6.45, 7) is 7.31. The molecular weight excluding hydrogens is 400 g/mol. The highest BCUT2D eigenvalue weighted by Gasteiger charge is 2.12. The Kier molecular flexibility index (Phi) is 6.26. The van der Waals surface area contributed by atoms with Gasteiger partial charge in [-0.05, 0) is 71.7 Å². The third kappa shape index (κ3) is 4.83. The molecule has 0 radical (unpaired) electrons. The van der Waals surface area contributed by atoms with Crippen LogP contribution in [0.2, 0.25) is 0 Å². The van der Waals surface area contributed by atoms with Crippen molar-refractivity contribution in [1.29, 1.82) is 0 Å². The fourth-order valence-corrected chi connectivity index (χ4v) is 4.03. The Labute approximate surface area is 188 Å². The average molecular weight is 429 g/mol. The van der Waals surface area contributed by atoms with Crippen molar-refractivity contribution in [3.8, 4) is 5.75 Å². The fraction of sp³-hybridized carbons (Fsp3) is 0.259. The Balaban J connectivity index is 1.49. The summed E-state index contributed by atoms with van der Waals surface area (Å²) in [6, 6.07) is 18.3. The minimum Gasteiger partial charge on any atom is -0.489 e. The third-order valence-corrected chi connectivity index (χ3v) is 5.95. The molecule has 164 valence electrons. The van der Waals surface area contributed by atoms with E-state index >= 15 is 0 Å². The van der Waals surface area contributed by atoms with Crippen LogP contribution in [0.4, 0.5) is 0 Å². The number of hydrogen-bond acceptors (Lipinski definition) is 3. The normalized spacial score (nSPS) is 12.1.